The minimum Gasteiger partial charge on any atom is -0.480 e. The second-order valence-corrected chi connectivity index (χ2v) is 3.87. The lowest BCUT2D eigenvalue weighted by Gasteiger charge is -2.17. The summed E-state index contributed by atoms with van der Waals surface area (Å²) < 4.78 is 0. The molecule has 0 aliphatic heterocycles. The quantitative estimate of drug-likeness (QED) is 0.728. The molecule has 1 rings (SSSR count). The van der Waals surface area contributed by atoms with Crippen LogP contribution in [0.4, 0.5) is 10.5 Å². The molecule has 6 nitrogen and oxygen atoms in total. The molecule has 0 aliphatic rings. The molecule has 2 amide bonds. The molecule has 0 fully saturated rings. The van der Waals surface area contributed by atoms with E-state index >= 15 is 0 Å². The van der Waals surface area contributed by atoms with Gasteiger partial charge in [0.15, 0.2) is 0 Å². The number of hydrogen-bond acceptors (Lipinski definition) is 3. The number of aliphatic carboxylic acids is 1. The van der Waals surface area contributed by atoms with Crippen LogP contribution in [0.5, 0.6) is 0 Å². The monoisotopic (exact) mass is 251 g/mol. The summed E-state index contributed by atoms with van der Waals surface area (Å²) in [5.41, 5.74) is 1.62. The zero-order valence-electron chi connectivity index (χ0n) is 10.4. The lowest BCUT2D eigenvalue weighted by atomic mass is 10.2. The van der Waals surface area contributed by atoms with Gasteiger partial charge in [-0.3, -0.25) is 4.79 Å². The van der Waals surface area contributed by atoms with Gasteiger partial charge in [-0.15, -0.1) is 0 Å². The Morgan fingerprint density at radius 3 is 2.61 bits per heavy atom. The van der Waals surface area contributed by atoms with Crippen molar-refractivity contribution in [1.29, 1.82) is 0 Å². The molecule has 1 aromatic rings. The third-order valence-corrected chi connectivity index (χ3v) is 2.35. The highest BCUT2D eigenvalue weighted by Gasteiger charge is 2.13. The SMILES string of the molecule is CNCc1ccccc1NC(=O)N(C)CC(=O)O. The third kappa shape index (κ3) is 4.06. The van der Waals surface area contributed by atoms with Crippen molar-refractivity contribution in [3.8, 4) is 0 Å². The summed E-state index contributed by atoms with van der Waals surface area (Å²) in [6.07, 6.45) is 0. The van der Waals surface area contributed by atoms with E-state index in [2.05, 4.69) is 10.6 Å². The predicted octanol–water partition coefficient (Wildman–Crippen LogP) is 0.954. The van der Waals surface area contributed by atoms with Crippen LogP contribution in [0.25, 0.3) is 0 Å². The molecule has 0 heterocycles. The summed E-state index contributed by atoms with van der Waals surface area (Å²) >= 11 is 0. The van der Waals surface area contributed by atoms with E-state index in [0.717, 1.165) is 10.5 Å². The number of benzene rings is 1. The minimum absolute atomic E-state index is 0.333. The fourth-order valence-electron chi connectivity index (χ4n) is 1.47. The summed E-state index contributed by atoms with van der Waals surface area (Å²) in [7, 11) is 3.25. The molecule has 0 radical (unpaired) electrons. The topological polar surface area (TPSA) is 81.7 Å². The maximum atomic E-state index is 11.7. The van der Waals surface area contributed by atoms with Crippen molar-refractivity contribution in [2.45, 2.75) is 6.54 Å². The second kappa shape index (κ2) is 6.61. The first-order valence-electron chi connectivity index (χ1n) is 5.51. The highest BCUT2D eigenvalue weighted by molar-refractivity contribution is 5.91. The molecular weight excluding hydrogens is 234 g/mol. The molecule has 0 atom stereocenters. The number of nitrogens with zero attached hydrogens (tertiary/aromatic N) is 1. The first kappa shape index (κ1) is 14.0. The van der Waals surface area contributed by atoms with E-state index in [1.165, 1.54) is 7.05 Å². The molecule has 0 bridgehead atoms. The van der Waals surface area contributed by atoms with Crippen molar-refractivity contribution in [1.82, 2.24) is 10.2 Å². The summed E-state index contributed by atoms with van der Waals surface area (Å²) in [4.78, 5) is 23.3. The van der Waals surface area contributed by atoms with Gasteiger partial charge in [0, 0.05) is 19.3 Å². The standard InChI is InChI=1S/C12H17N3O3/c1-13-7-9-5-3-4-6-10(9)14-12(18)15(2)8-11(16)17/h3-6,13H,7-8H2,1-2H3,(H,14,18)(H,16,17). The first-order chi connectivity index (χ1) is 8.54. The molecule has 6 heteroatoms. The normalized spacial score (nSPS) is 9.89. The number of hydrogen-bond donors (Lipinski definition) is 3. The van der Waals surface area contributed by atoms with Gasteiger partial charge < -0.3 is 20.6 Å². The summed E-state index contributed by atoms with van der Waals surface area (Å²) in [6.45, 7) is 0.291. The van der Waals surface area contributed by atoms with Crippen molar-refractivity contribution >= 4 is 17.7 Å². The lowest BCUT2D eigenvalue weighted by Crippen LogP contribution is -2.35. The largest absolute Gasteiger partial charge is 0.480 e. The highest BCUT2D eigenvalue weighted by Crippen LogP contribution is 2.15. The Morgan fingerprint density at radius 1 is 1.33 bits per heavy atom. The summed E-state index contributed by atoms with van der Waals surface area (Å²) in [6, 6.07) is 6.92. The van der Waals surface area contributed by atoms with Gasteiger partial charge >= 0.3 is 12.0 Å². The van der Waals surface area contributed by atoms with Crippen molar-refractivity contribution < 1.29 is 14.7 Å². The number of rotatable bonds is 5. The zero-order chi connectivity index (χ0) is 13.5. The number of carboxylic acid groups (broad SMARTS) is 1. The van der Waals surface area contributed by atoms with Crippen molar-refractivity contribution in [3.63, 3.8) is 0 Å². The number of anilines is 1. The number of para-hydroxylation sites is 1. The van der Waals surface area contributed by atoms with Crippen LogP contribution in [0.1, 0.15) is 5.56 Å². The molecule has 0 spiro atoms. The van der Waals surface area contributed by atoms with Crippen LogP contribution in [-0.2, 0) is 11.3 Å². The molecule has 0 saturated heterocycles. The van der Waals surface area contributed by atoms with E-state index < -0.39 is 12.0 Å². The Labute approximate surface area is 106 Å². The number of carboxylic acids is 1. The Balaban J connectivity index is 2.72. The van der Waals surface area contributed by atoms with Gasteiger partial charge in [-0.05, 0) is 18.7 Å². The van der Waals surface area contributed by atoms with Crippen molar-refractivity contribution in [3.05, 3.63) is 29.8 Å². The second-order valence-electron chi connectivity index (χ2n) is 3.87. The van der Waals surface area contributed by atoms with Crippen LogP contribution in [0.2, 0.25) is 0 Å². The van der Waals surface area contributed by atoms with Crippen LogP contribution in [-0.4, -0.2) is 42.6 Å². The van der Waals surface area contributed by atoms with Gasteiger partial charge in [0.05, 0.1) is 0 Å². The number of urea groups is 1. The molecule has 1 aromatic carbocycles. The highest BCUT2D eigenvalue weighted by atomic mass is 16.4. The van der Waals surface area contributed by atoms with E-state index in [1.54, 1.807) is 6.07 Å². The van der Waals surface area contributed by atoms with Gasteiger partial charge in [-0.1, -0.05) is 18.2 Å². The van der Waals surface area contributed by atoms with Crippen LogP contribution in [0.15, 0.2) is 24.3 Å². The van der Waals surface area contributed by atoms with Crippen LogP contribution < -0.4 is 10.6 Å². The maximum Gasteiger partial charge on any atom is 0.323 e. The van der Waals surface area contributed by atoms with Crippen molar-refractivity contribution in [2.75, 3.05) is 26.0 Å². The number of carbonyl (C=O) groups is 2. The Kier molecular flexibility index (Phi) is 5.13. The maximum absolute atomic E-state index is 11.7. The molecule has 0 aliphatic carbocycles. The number of carbonyl (C=O) groups excluding carboxylic acids is 1. The van der Waals surface area contributed by atoms with Gasteiger partial charge in [0.1, 0.15) is 6.54 Å². The van der Waals surface area contributed by atoms with E-state index in [9.17, 15) is 9.59 Å². The van der Waals surface area contributed by atoms with Gasteiger partial charge in [-0.2, -0.15) is 0 Å². The first-order valence-corrected chi connectivity index (χ1v) is 5.51. The molecule has 98 valence electrons. The molecule has 18 heavy (non-hydrogen) atoms. The molecular formula is C12H17N3O3. The van der Waals surface area contributed by atoms with Gasteiger partial charge in [-0.25, -0.2) is 4.79 Å². The average molecular weight is 251 g/mol. The molecule has 0 unspecified atom stereocenters. The predicted molar refractivity (Wildman–Crippen MR) is 68.5 cm³/mol. The third-order valence-electron chi connectivity index (χ3n) is 2.35. The average Bonchev–Trinajstić information content (AvgIpc) is 2.31. The van der Waals surface area contributed by atoms with Crippen LogP contribution in [0, 0.1) is 0 Å². The Hall–Kier alpha value is -2.08. The van der Waals surface area contributed by atoms with Crippen molar-refractivity contribution in [2.24, 2.45) is 0 Å². The smallest absolute Gasteiger partial charge is 0.323 e. The van der Waals surface area contributed by atoms with E-state index in [1.807, 2.05) is 25.2 Å². The number of nitrogens with one attached hydrogen (secondary N) is 2. The fraction of sp³-hybridized carbons (Fsp3) is 0.333. The Morgan fingerprint density at radius 2 is 2.00 bits per heavy atom. The van der Waals surface area contributed by atoms with E-state index in [4.69, 9.17) is 5.11 Å². The zero-order valence-corrected chi connectivity index (χ0v) is 10.4. The minimum atomic E-state index is -1.05. The van der Waals surface area contributed by atoms with E-state index in [0.29, 0.717) is 12.2 Å². The van der Waals surface area contributed by atoms with Crippen LogP contribution in [0.3, 0.4) is 0 Å². The van der Waals surface area contributed by atoms with Gasteiger partial charge in [0.25, 0.3) is 0 Å². The lowest BCUT2D eigenvalue weighted by molar-refractivity contribution is -0.137. The Bertz CT molecular complexity index is 434. The fourth-order valence-corrected chi connectivity index (χ4v) is 1.47. The van der Waals surface area contributed by atoms with Crippen LogP contribution >= 0.6 is 0 Å². The molecule has 0 saturated carbocycles. The molecule has 3 N–H and O–H groups in total. The summed E-state index contributed by atoms with van der Waals surface area (Å²) in [5.74, 6) is -1.05. The number of amides is 2. The summed E-state index contributed by atoms with van der Waals surface area (Å²) in [5, 5.41) is 14.3. The van der Waals surface area contributed by atoms with E-state index in [-0.39, 0.29) is 6.54 Å². The molecule has 0 aromatic heterocycles. The number of likely N-dealkylation sites (N-methyl/N-ethyl adjacent to an activating group) is 1. The van der Waals surface area contributed by atoms with Gasteiger partial charge in [0.2, 0.25) is 0 Å².